The van der Waals surface area contributed by atoms with Crippen LogP contribution in [0.15, 0.2) is 28.6 Å². The summed E-state index contributed by atoms with van der Waals surface area (Å²) in [4.78, 5) is 27.4. The number of rotatable bonds is 6. The second-order valence-corrected chi connectivity index (χ2v) is 12.4. The van der Waals surface area contributed by atoms with Gasteiger partial charge in [-0.3, -0.25) is 9.59 Å². The zero-order valence-corrected chi connectivity index (χ0v) is 19.7. The van der Waals surface area contributed by atoms with E-state index in [1.807, 2.05) is 23.1 Å². The summed E-state index contributed by atoms with van der Waals surface area (Å²) < 4.78 is 0.718. The average Bonchev–Trinajstić information content (AvgIpc) is 3.37. The van der Waals surface area contributed by atoms with Crippen molar-refractivity contribution in [3.05, 3.63) is 29.8 Å². The molecule has 4 aliphatic carbocycles. The first kappa shape index (κ1) is 20.7. The molecule has 8 heteroatoms. The molecule has 0 atom stereocenters. The van der Waals surface area contributed by atoms with Crippen molar-refractivity contribution in [3.8, 4) is 0 Å². The second-order valence-electron chi connectivity index (χ2n) is 10.2. The minimum Gasteiger partial charge on any atom is -0.311 e. The van der Waals surface area contributed by atoms with Crippen LogP contribution in [0.25, 0.3) is 0 Å². The fourth-order valence-corrected chi connectivity index (χ4v) is 8.77. The zero-order valence-electron chi connectivity index (χ0n) is 18.1. The molecule has 1 N–H and O–H groups in total. The number of fused-ring (bicyclic) bond motifs is 1. The summed E-state index contributed by atoms with van der Waals surface area (Å²) in [7, 11) is 0. The molecular weight excluding hydrogens is 440 g/mol. The molecule has 7 rings (SSSR count). The number of hydrogen-bond donors (Lipinski definition) is 1. The van der Waals surface area contributed by atoms with Crippen LogP contribution in [-0.2, 0) is 16.0 Å². The van der Waals surface area contributed by atoms with E-state index in [0.29, 0.717) is 17.3 Å². The smallest absolute Gasteiger partial charge is 0.237 e. The van der Waals surface area contributed by atoms with E-state index in [4.69, 9.17) is 0 Å². The van der Waals surface area contributed by atoms with Crippen LogP contribution in [0.2, 0.25) is 0 Å². The van der Waals surface area contributed by atoms with Crippen molar-refractivity contribution >= 4 is 45.7 Å². The van der Waals surface area contributed by atoms with E-state index in [-0.39, 0.29) is 17.2 Å². The lowest BCUT2D eigenvalue weighted by Gasteiger charge is -2.56. The van der Waals surface area contributed by atoms with Crippen LogP contribution < -0.4 is 10.2 Å². The number of nitrogens with zero attached hydrogens (tertiary/aromatic N) is 3. The third-order valence-electron chi connectivity index (χ3n) is 7.86. The lowest BCUT2D eigenvalue weighted by molar-refractivity contribution is -0.124. The highest BCUT2D eigenvalue weighted by molar-refractivity contribution is 8.01. The molecule has 0 spiro atoms. The van der Waals surface area contributed by atoms with Crippen LogP contribution in [0.5, 0.6) is 0 Å². The Hall–Kier alpha value is -1.93. The molecule has 168 valence electrons. The Morgan fingerprint density at radius 3 is 2.56 bits per heavy atom. The number of para-hydroxylation sites is 1. The number of anilines is 2. The van der Waals surface area contributed by atoms with E-state index in [2.05, 4.69) is 21.6 Å². The second kappa shape index (κ2) is 8.13. The number of thioether (sulfide) groups is 1. The molecule has 4 bridgehead atoms. The molecule has 1 aliphatic heterocycles. The van der Waals surface area contributed by atoms with Gasteiger partial charge in [-0.2, -0.15) is 0 Å². The van der Waals surface area contributed by atoms with Crippen molar-refractivity contribution in [1.29, 1.82) is 0 Å². The number of nitrogens with one attached hydrogen (secondary N) is 1. The van der Waals surface area contributed by atoms with E-state index in [9.17, 15) is 9.59 Å². The van der Waals surface area contributed by atoms with Crippen LogP contribution in [0, 0.1) is 23.2 Å². The van der Waals surface area contributed by atoms with Crippen LogP contribution >= 0.6 is 23.1 Å². The fraction of sp³-hybridized carbons (Fsp3) is 0.583. The maximum atomic E-state index is 12.8. The lowest BCUT2D eigenvalue weighted by atomic mass is 9.49. The molecule has 4 fully saturated rings. The minimum atomic E-state index is 0.0735. The van der Waals surface area contributed by atoms with E-state index in [0.717, 1.165) is 40.7 Å². The molecule has 32 heavy (non-hydrogen) atoms. The summed E-state index contributed by atoms with van der Waals surface area (Å²) in [5.74, 6) is 3.02. The summed E-state index contributed by atoms with van der Waals surface area (Å²) >= 11 is 2.76. The number of benzene rings is 1. The molecule has 5 aliphatic rings. The number of carbonyl (C=O) groups is 2. The molecule has 2 amide bonds. The number of hydrogen-bond acceptors (Lipinski definition) is 6. The van der Waals surface area contributed by atoms with Gasteiger partial charge < -0.3 is 10.2 Å². The van der Waals surface area contributed by atoms with Crippen LogP contribution in [-0.4, -0.2) is 34.3 Å². The Morgan fingerprint density at radius 1 is 1.09 bits per heavy atom. The van der Waals surface area contributed by atoms with Crippen LogP contribution in [0.3, 0.4) is 0 Å². The van der Waals surface area contributed by atoms with Crippen LogP contribution in [0.1, 0.15) is 50.5 Å². The fourth-order valence-electron chi connectivity index (χ4n) is 7.13. The highest BCUT2D eigenvalue weighted by atomic mass is 32.2. The Morgan fingerprint density at radius 2 is 1.81 bits per heavy atom. The highest BCUT2D eigenvalue weighted by Crippen LogP contribution is 2.61. The van der Waals surface area contributed by atoms with Gasteiger partial charge >= 0.3 is 0 Å². The molecule has 1 aromatic carbocycles. The molecular formula is C24H28N4O2S2. The van der Waals surface area contributed by atoms with E-state index in [1.165, 1.54) is 67.2 Å². The summed E-state index contributed by atoms with van der Waals surface area (Å²) in [6.07, 6.45) is 9.37. The summed E-state index contributed by atoms with van der Waals surface area (Å²) in [6, 6.07) is 8.08. The van der Waals surface area contributed by atoms with Crippen molar-refractivity contribution in [2.24, 2.45) is 23.2 Å². The molecule has 0 radical (unpaired) electrons. The van der Waals surface area contributed by atoms with Gasteiger partial charge in [-0.15, -0.1) is 10.2 Å². The number of aromatic nitrogens is 2. The SMILES string of the molecule is O=C(CC12CC3CC(CC(C3)C1)C2)Nc1nnc(SCC(=O)N2CCc3ccccc32)s1. The van der Waals surface area contributed by atoms with Crippen molar-refractivity contribution in [3.63, 3.8) is 0 Å². The van der Waals surface area contributed by atoms with Gasteiger partial charge in [0.1, 0.15) is 0 Å². The maximum Gasteiger partial charge on any atom is 0.237 e. The number of carbonyl (C=O) groups excluding carboxylic acids is 2. The van der Waals surface area contributed by atoms with E-state index < -0.39 is 0 Å². The Kier molecular flexibility index (Phi) is 5.25. The molecule has 0 saturated heterocycles. The predicted molar refractivity (Wildman–Crippen MR) is 127 cm³/mol. The topological polar surface area (TPSA) is 75.2 Å². The molecule has 2 heterocycles. The quantitative estimate of drug-likeness (QED) is 0.488. The molecule has 4 saturated carbocycles. The Balaban J connectivity index is 1.02. The van der Waals surface area contributed by atoms with Gasteiger partial charge in [-0.1, -0.05) is 41.3 Å². The standard InChI is InChI=1S/C24H28N4O2S2/c29-20(13-24-10-15-7-16(11-24)9-17(8-15)12-24)25-22-26-27-23(32-22)31-14-21(30)28-6-5-18-3-1-2-4-19(18)28/h1-4,15-17H,5-14H2,(H,25,26,29). The maximum absolute atomic E-state index is 12.8. The first-order valence-electron chi connectivity index (χ1n) is 11.7. The normalized spacial score (nSPS) is 29.9. The van der Waals surface area contributed by atoms with Gasteiger partial charge in [0.25, 0.3) is 0 Å². The summed E-state index contributed by atoms with van der Waals surface area (Å²) in [5, 5.41) is 11.9. The summed E-state index contributed by atoms with van der Waals surface area (Å²) in [6.45, 7) is 0.737. The van der Waals surface area contributed by atoms with E-state index in [1.54, 1.807) is 0 Å². The van der Waals surface area contributed by atoms with Gasteiger partial charge in [0.2, 0.25) is 16.9 Å². The van der Waals surface area contributed by atoms with E-state index >= 15 is 0 Å². The zero-order chi connectivity index (χ0) is 21.7. The van der Waals surface area contributed by atoms with Gasteiger partial charge in [0.05, 0.1) is 5.75 Å². The molecule has 6 nitrogen and oxygen atoms in total. The van der Waals surface area contributed by atoms with Crippen molar-refractivity contribution in [1.82, 2.24) is 10.2 Å². The van der Waals surface area contributed by atoms with Gasteiger partial charge in [-0.25, -0.2) is 0 Å². The minimum absolute atomic E-state index is 0.0735. The monoisotopic (exact) mass is 468 g/mol. The first-order valence-corrected chi connectivity index (χ1v) is 13.5. The molecule has 1 aromatic heterocycles. The first-order chi connectivity index (χ1) is 15.6. The van der Waals surface area contributed by atoms with Crippen molar-refractivity contribution in [2.75, 3.05) is 22.5 Å². The summed E-state index contributed by atoms with van der Waals surface area (Å²) in [5.41, 5.74) is 2.47. The highest BCUT2D eigenvalue weighted by Gasteiger charge is 2.51. The number of amides is 2. The third-order valence-corrected chi connectivity index (χ3v) is 9.82. The van der Waals surface area contributed by atoms with Crippen LogP contribution in [0.4, 0.5) is 10.8 Å². The largest absolute Gasteiger partial charge is 0.311 e. The predicted octanol–water partition coefficient (Wildman–Crippen LogP) is 4.76. The molecule has 0 unspecified atom stereocenters. The average molecular weight is 469 g/mol. The molecule has 2 aromatic rings. The Bertz CT molecular complexity index is 1020. The van der Waals surface area contributed by atoms with Gasteiger partial charge in [-0.05, 0) is 79.7 Å². The van der Waals surface area contributed by atoms with Crippen molar-refractivity contribution in [2.45, 2.75) is 55.7 Å². The van der Waals surface area contributed by atoms with Crippen molar-refractivity contribution < 1.29 is 9.59 Å². The Labute approximate surface area is 196 Å². The van der Waals surface area contributed by atoms with Gasteiger partial charge in [0, 0.05) is 18.7 Å². The van der Waals surface area contributed by atoms with Gasteiger partial charge in [0.15, 0.2) is 4.34 Å². The third kappa shape index (κ3) is 3.96. The lowest BCUT2D eigenvalue weighted by Crippen LogP contribution is -2.47.